The van der Waals surface area contributed by atoms with Gasteiger partial charge < -0.3 is 11.1 Å². The van der Waals surface area contributed by atoms with E-state index in [9.17, 15) is 18.0 Å². The van der Waals surface area contributed by atoms with E-state index in [2.05, 4.69) is 5.32 Å². The third kappa shape index (κ3) is 4.70. The van der Waals surface area contributed by atoms with Crippen LogP contribution in [0, 0.1) is 0 Å². The summed E-state index contributed by atoms with van der Waals surface area (Å²) in [4.78, 5) is 12.5. The summed E-state index contributed by atoms with van der Waals surface area (Å²) in [5.41, 5.74) is 4.13. The molecule has 1 aromatic rings. The predicted molar refractivity (Wildman–Crippen MR) is 85.0 cm³/mol. The van der Waals surface area contributed by atoms with E-state index in [0.29, 0.717) is 24.9 Å². The van der Waals surface area contributed by atoms with Crippen LogP contribution in [-0.2, 0) is 16.4 Å². The zero-order chi connectivity index (χ0) is 17.9. The first-order valence-electron chi connectivity index (χ1n) is 7.71. The molecule has 130 valence electrons. The number of hydrogen-bond acceptors (Lipinski definition) is 2. The SMILES string of the molecule is CCC(N)(CC)CNC(=O)C(C)(C)c1cccc(C(F)(F)F)c1. The molecule has 0 saturated carbocycles. The Morgan fingerprint density at radius 2 is 1.65 bits per heavy atom. The van der Waals surface area contributed by atoms with Crippen LogP contribution in [0.5, 0.6) is 0 Å². The van der Waals surface area contributed by atoms with Crippen molar-refractivity contribution in [2.45, 2.75) is 57.7 Å². The Morgan fingerprint density at radius 1 is 1.13 bits per heavy atom. The number of nitrogens with two attached hydrogens (primary N) is 1. The van der Waals surface area contributed by atoms with Crippen LogP contribution in [0.4, 0.5) is 13.2 Å². The molecule has 0 aliphatic rings. The fourth-order valence-corrected chi connectivity index (χ4v) is 2.19. The molecule has 0 saturated heterocycles. The Bertz CT molecular complexity index is 549. The molecular formula is C17H25F3N2O. The van der Waals surface area contributed by atoms with Crippen molar-refractivity contribution in [1.82, 2.24) is 5.32 Å². The van der Waals surface area contributed by atoms with Crippen LogP contribution in [0.15, 0.2) is 24.3 Å². The second-order valence-electron chi connectivity index (χ2n) is 6.46. The van der Waals surface area contributed by atoms with Gasteiger partial charge in [-0.2, -0.15) is 13.2 Å². The molecule has 1 rings (SSSR count). The molecule has 0 fully saturated rings. The second-order valence-corrected chi connectivity index (χ2v) is 6.46. The van der Waals surface area contributed by atoms with Gasteiger partial charge in [0.2, 0.25) is 5.91 Å². The quantitative estimate of drug-likeness (QED) is 0.837. The summed E-state index contributed by atoms with van der Waals surface area (Å²) >= 11 is 0. The normalized spacial score (nSPS) is 13.0. The van der Waals surface area contributed by atoms with Crippen molar-refractivity contribution in [2.24, 2.45) is 5.73 Å². The van der Waals surface area contributed by atoms with Crippen LogP contribution in [0.25, 0.3) is 0 Å². The molecule has 1 amide bonds. The molecule has 3 nitrogen and oxygen atoms in total. The summed E-state index contributed by atoms with van der Waals surface area (Å²) in [5, 5.41) is 2.78. The zero-order valence-corrected chi connectivity index (χ0v) is 14.1. The highest BCUT2D eigenvalue weighted by atomic mass is 19.4. The average Bonchev–Trinajstić information content (AvgIpc) is 2.51. The molecule has 0 aromatic heterocycles. The van der Waals surface area contributed by atoms with Crippen LogP contribution in [-0.4, -0.2) is 18.0 Å². The van der Waals surface area contributed by atoms with Crippen molar-refractivity contribution >= 4 is 5.91 Å². The third-order valence-electron chi connectivity index (χ3n) is 4.49. The number of carbonyl (C=O) groups excluding carboxylic acids is 1. The lowest BCUT2D eigenvalue weighted by Crippen LogP contribution is -2.52. The smallest absolute Gasteiger partial charge is 0.354 e. The van der Waals surface area contributed by atoms with Crippen LogP contribution in [0.2, 0.25) is 0 Å². The second kappa shape index (κ2) is 6.91. The Balaban J connectivity index is 2.96. The fourth-order valence-electron chi connectivity index (χ4n) is 2.19. The Hall–Kier alpha value is -1.56. The standard InChI is InChI=1S/C17H25F3N2O/c1-5-16(21,6-2)11-22-14(23)15(3,4)12-8-7-9-13(10-12)17(18,19)20/h7-10H,5-6,11,21H2,1-4H3,(H,22,23). The molecule has 0 spiro atoms. The van der Waals surface area contributed by atoms with Crippen LogP contribution in [0.3, 0.4) is 0 Å². The molecule has 0 heterocycles. The molecule has 0 unspecified atom stereocenters. The van der Waals surface area contributed by atoms with Gasteiger partial charge in [0, 0.05) is 12.1 Å². The number of alkyl halides is 3. The Kier molecular flexibility index (Phi) is 5.85. The zero-order valence-electron chi connectivity index (χ0n) is 14.1. The molecular weight excluding hydrogens is 305 g/mol. The molecule has 0 aliphatic heterocycles. The van der Waals surface area contributed by atoms with E-state index in [-0.39, 0.29) is 5.91 Å². The molecule has 0 radical (unpaired) electrons. The van der Waals surface area contributed by atoms with Gasteiger partial charge in [0.15, 0.2) is 0 Å². The Labute approximate surface area is 135 Å². The number of rotatable bonds is 6. The minimum atomic E-state index is -4.43. The molecule has 23 heavy (non-hydrogen) atoms. The van der Waals surface area contributed by atoms with E-state index in [1.54, 1.807) is 13.8 Å². The van der Waals surface area contributed by atoms with E-state index in [1.165, 1.54) is 12.1 Å². The first kappa shape index (κ1) is 19.5. The number of benzene rings is 1. The summed E-state index contributed by atoms with van der Waals surface area (Å²) in [6, 6.07) is 4.87. The van der Waals surface area contributed by atoms with Gasteiger partial charge >= 0.3 is 6.18 Å². The highest BCUT2D eigenvalue weighted by Crippen LogP contribution is 2.33. The molecule has 3 N–H and O–H groups in total. The van der Waals surface area contributed by atoms with E-state index < -0.39 is 22.7 Å². The van der Waals surface area contributed by atoms with Crippen LogP contribution < -0.4 is 11.1 Å². The van der Waals surface area contributed by atoms with E-state index in [4.69, 9.17) is 5.73 Å². The highest BCUT2D eigenvalue weighted by molar-refractivity contribution is 5.87. The number of amides is 1. The first-order valence-corrected chi connectivity index (χ1v) is 7.71. The molecule has 1 aromatic carbocycles. The topological polar surface area (TPSA) is 55.1 Å². The highest BCUT2D eigenvalue weighted by Gasteiger charge is 2.35. The van der Waals surface area contributed by atoms with Gasteiger partial charge in [-0.15, -0.1) is 0 Å². The fraction of sp³-hybridized carbons (Fsp3) is 0.588. The maximum absolute atomic E-state index is 12.8. The van der Waals surface area contributed by atoms with E-state index in [0.717, 1.165) is 12.1 Å². The summed E-state index contributed by atoms with van der Waals surface area (Å²) in [6.07, 6.45) is -3.03. The average molecular weight is 330 g/mol. The lowest BCUT2D eigenvalue weighted by molar-refractivity contribution is -0.138. The van der Waals surface area contributed by atoms with Crippen LogP contribution >= 0.6 is 0 Å². The van der Waals surface area contributed by atoms with Gasteiger partial charge in [0.05, 0.1) is 11.0 Å². The van der Waals surface area contributed by atoms with E-state index >= 15 is 0 Å². The number of halogens is 3. The molecule has 0 aliphatic carbocycles. The lowest BCUT2D eigenvalue weighted by atomic mass is 9.82. The molecule has 0 atom stereocenters. The summed E-state index contributed by atoms with van der Waals surface area (Å²) in [6.45, 7) is 7.38. The van der Waals surface area contributed by atoms with E-state index in [1.807, 2.05) is 13.8 Å². The van der Waals surface area contributed by atoms with Gasteiger partial charge in [-0.3, -0.25) is 4.79 Å². The van der Waals surface area contributed by atoms with Crippen molar-refractivity contribution in [3.05, 3.63) is 35.4 Å². The summed E-state index contributed by atoms with van der Waals surface area (Å²) < 4.78 is 38.5. The van der Waals surface area contributed by atoms with Gasteiger partial charge in [-0.1, -0.05) is 32.0 Å². The van der Waals surface area contributed by atoms with Crippen molar-refractivity contribution in [3.8, 4) is 0 Å². The minimum Gasteiger partial charge on any atom is -0.354 e. The van der Waals surface area contributed by atoms with Gasteiger partial charge in [-0.05, 0) is 38.3 Å². The number of nitrogens with one attached hydrogen (secondary N) is 1. The molecule has 0 bridgehead atoms. The van der Waals surface area contributed by atoms with Gasteiger partial charge in [0.25, 0.3) is 0 Å². The maximum Gasteiger partial charge on any atom is 0.416 e. The third-order valence-corrected chi connectivity index (χ3v) is 4.49. The van der Waals surface area contributed by atoms with Crippen molar-refractivity contribution in [1.29, 1.82) is 0 Å². The van der Waals surface area contributed by atoms with Crippen molar-refractivity contribution in [2.75, 3.05) is 6.54 Å². The largest absolute Gasteiger partial charge is 0.416 e. The Morgan fingerprint density at radius 3 is 2.13 bits per heavy atom. The number of carbonyl (C=O) groups is 1. The summed E-state index contributed by atoms with van der Waals surface area (Å²) in [7, 11) is 0. The monoisotopic (exact) mass is 330 g/mol. The predicted octanol–water partition coefficient (Wildman–Crippen LogP) is 3.62. The van der Waals surface area contributed by atoms with Crippen LogP contribution in [0.1, 0.15) is 51.7 Å². The minimum absolute atomic E-state index is 0.293. The van der Waals surface area contributed by atoms with Crippen molar-refractivity contribution < 1.29 is 18.0 Å². The lowest BCUT2D eigenvalue weighted by Gasteiger charge is -2.30. The maximum atomic E-state index is 12.8. The molecule has 6 heteroatoms. The van der Waals surface area contributed by atoms with Crippen molar-refractivity contribution in [3.63, 3.8) is 0 Å². The number of hydrogen-bond donors (Lipinski definition) is 2. The summed E-state index contributed by atoms with van der Waals surface area (Å²) in [5.74, 6) is -0.339. The first-order chi connectivity index (χ1) is 10.5. The van der Waals surface area contributed by atoms with Gasteiger partial charge in [0.1, 0.15) is 0 Å². The van der Waals surface area contributed by atoms with Gasteiger partial charge in [-0.25, -0.2) is 0 Å².